The Kier molecular flexibility index (Phi) is 5.25. The number of hydrogen-bond donors (Lipinski definition) is 1. The number of nitrogens with zero attached hydrogens (tertiary/aromatic N) is 3. The van der Waals surface area contributed by atoms with Crippen molar-refractivity contribution in [2.24, 2.45) is 7.05 Å². The predicted molar refractivity (Wildman–Crippen MR) is 108 cm³/mol. The van der Waals surface area contributed by atoms with Gasteiger partial charge in [0.1, 0.15) is 5.60 Å². The van der Waals surface area contributed by atoms with Crippen LogP contribution in [-0.4, -0.2) is 58.0 Å². The molecule has 1 atom stereocenters. The van der Waals surface area contributed by atoms with Crippen LogP contribution in [0, 0.1) is 0 Å². The first-order valence-electron chi connectivity index (χ1n) is 10.2. The molecule has 4 rings (SSSR count). The number of rotatable bonds is 5. The molecule has 0 radical (unpaired) electrons. The fourth-order valence-corrected chi connectivity index (χ4v) is 4.40. The lowest BCUT2D eigenvalue weighted by Gasteiger charge is -2.49. The summed E-state index contributed by atoms with van der Waals surface area (Å²) < 4.78 is 8.32. The van der Waals surface area contributed by atoms with Crippen LogP contribution in [0.15, 0.2) is 42.6 Å². The molecule has 2 fully saturated rings. The molecule has 2 aromatic rings. The molecule has 3 heterocycles. The summed E-state index contributed by atoms with van der Waals surface area (Å²) in [4.78, 5) is 15.1. The van der Waals surface area contributed by atoms with Gasteiger partial charge in [0.2, 0.25) is 0 Å². The van der Waals surface area contributed by atoms with Crippen LogP contribution >= 0.6 is 0 Å². The third-order valence-electron chi connectivity index (χ3n) is 6.11. The van der Waals surface area contributed by atoms with Crippen LogP contribution in [0.4, 0.5) is 0 Å². The van der Waals surface area contributed by atoms with Crippen molar-refractivity contribution >= 4 is 5.91 Å². The number of nitrogens with one attached hydrogen (secondary N) is 1. The Morgan fingerprint density at radius 3 is 2.61 bits per heavy atom. The van der Waals surface area contributed by atoms with Gasteiger partial charge in [0, 0.05) is 45.8 Å². The summed E-state index contributed by atoms with van der Waals surface area (Å²) in [6.45, 7) is 5.58. The minimum absolute atomic E-state index is 0.0321. The van der Waals surface area contributed by atoms with Gasteiger partial charge in [-0.2, -0.15) is 5.10 Å². The second kappa shape index (κ2) is 7.68. The lowest BCUT2D eigenvalue weighted by molar-refractivity contribution is -0.199. The van der Waals surface area contributed by atoms with Gasteiger partial charge < -0.3 is 15.0 Å². The molecule has 150 valence electrons. The SMILES string of the molecule is Cn1ccc(CC2(C)OC3(CCN(CCc4ccccc4)CC3)CNC2=O)n1. The van der Waals surface area contributed by atoms with Gasteiger partial charge in [-0.1, -0.05) is 30.3 Å². The first kappa shape index (κ1) is 19.2. The number of likely N-dealkylation sites (tertiary alicyclic amines) is 1. The van der Waals surface area contributed by atoms with E-state index in [0.717, 1.165) is 44.6 Å². The molecule has 2 saturated heterocycles. The molecule has 0 saturated carbocycles. The molecule has 0 bridgehead atoms. The Labute approximate surface area is 166 Å². The van der Waals surface area contributed by atoms with Crippen LogP contribution in [0.2, 0.25) is 0 Å². The summed E-state index contributed by atoms with van der Waals surface area (Å²) in [6, 6.07) is 12.6. The molecule has 1 amide bonds. The number of hydrogen-bond acceptors (Lipinski definition) is 4. The van der Waals surface area contributed by atoms with Gasteiger partial charge in [0.05, 0.1) is 11.3 Å². The van der Waals surface area contributed by atoms with Gasteiger partial charge in [-0.25, -0.2) is 0 Å². The van der Waals surface area contributed by atoms with Crippen molar-refractivity contribution in [2.75, 3.05) is 26.2 Å². The zero-order chi connectivity index (χ0) is 19.6. The topological polar surface area (TPSA) is 59.4 Å². The van der Waals surface area contributed by atoms with Crippen molar-refractivity contribution in [1.29, 1.82) is 0 Å². The Hall–Kier alpha value is -2.18. The van der Waals surface area contributed by atoms with Crippen molar-refractivity contribution in [3.63, 3.8) is 0 Å². The Bertz CT molecular complexity index is 811. The number of aromatic nitrogens is 2. The van der Waals surface area contributed by atoms with Crippen molar-refractivity contribution in [1.82, 2.24) is 20.0 Å². The summed E-state index contributed by atoms with van der Waals surface area (Å²) in [5, 5.41) is 7.55. The number of aryl methyl sites for hydroxylation is 1. The van der Waals surface area contributed by atoms with E-state index < -0.39 is 5.60 Å². The molecule has 2 aliphatic rings. The molecule has 1 N–H and O–H groups in total. The van der Waals surface area contributed by atoms with Crippen LogP contribution in [0.5, 0.6) is 0 Å². The highest BCUT2D eigenvalue weighted by molar-refractivity contribution is 5.86. The van der Waals surface area contributed by atoms with E-state index in [1.165, 1.54) is 5.56 Å². The molecule has 1 aromatic carbocycles. The molecule has 0 aliphatic carbocycles. The van der Waals surface area contributed by atoms with Crippen LogP contribution < -0.4 is 5.32 Å². The maximum atomic E-state index is 12.6. The summed E-state index contributed by atoms with van der Waals surface area (Å²) in [7, 11) is 1.89. The fourth-order valence-electron chi connectivity index (χ4n) is 4.40. The molecule has 6 heteroatoms. The largest absolute Gasteiger partial charge is 0.357 e. The average molecular weight is 383 g/mol. The Balaban J connectivity index is 1.35. The van der Waals surface area contributed by atoms with E-state index in [-0.39, 0.29) is 11.5 Å². The molecular formula is C22H30N4O2. The highest BCUT2D eigenvalue weighted by Gasteiger charge is 2.49. The maximum absolute atomic E-state index is 12.6. The standard InChI is InChI=1S/C22H30N4O2/c1-21(16-19-9-12-25(2)24-19)20(27)23-17-22(28-21)10-14-26(15-11-22)13-8-18-6-4-3-5-7-18/h3-7,9,12H,8,10-11,13-17H2,1-2H3,(H,23,27). The van der Waals surface area contributed by atoms with Gasteiger partial charge in [-0.3, -0.25) is 9.48 Å². The first-order valence-corrected chi connectivity index (χ1v) is 10.2. The van der Waals surface area contributed by atoms with E-state index in [1.807, 2.05) is 26.2 Å². The highest BCUT2D eigenvalue weighted by atomic mass is 16.5. The van der Waals surface area contributed by atoms with Crippen molar-refractivity contribution in [2.45, 2.75) is 43.8 Å². The molecule has 1 aromatic heterocycles. The zero-order valence-electron chi connectivity index (χ0n) is 16.9. The maximum Gasteiger partial charge on any atom is 0.252 e. The van der Waals surface area contributed by atoms with Gasteiger partial charge in [0.15, 0.2) is 0 Å². The summed E-state index contributed by atoms with van der Waals surface area (Å²) in [5.41, 5.74) is 1.14. The number of benzene rings is 1. The normalized spacial score (nSPS) is 25.0. The Morgan fingerprint density at radius 1 is 1.18 bits per heavy atom. The summed E-state index contributed by atoms with van der Waals surface area (Å²) >= 11 is 0. The number of carbonyl (C=O) groups excluding carboxylic acids is 1. The number of piperidine rings is 1. The quantitative estimate of drug-likeness (QED) is 0.859. The number of amides is 1. The number of morpholine rings is 1. The summed E-state index contributed by atoms with van der Waals surface area (Å²) in [5.74, 6) is -0.0321. The van der Waals surface area contributed by atoms with Gasteiger partial charge >= 0.3 is 0 Å². The van der Waals surface area contributed by atoms with Gasteiger partial charge in [-0.05, 0) is 37.8 Å². The van der Waals surface area contributed by atoms with Crippen molar-refractivity contribution in [3.8, 4) is 0 Å². The minimum atomic E-state index is -0.862. The van der Waals surface area contributed by atoms with Crippen molar-refractivity contribution in [3.05, 3.63) is 53.9 Å². The van der Waals surface area contributed by atoms with E-state index in [9.17, 15) is 4.79 Å². The smallest absolute Gasteiger partial charge is 0.252 e. The van der Waals surface area contributed by atoms with E-state index in [4.69, 9.17) is 4.74 Å². The van der Waals surface area contributed by atoms with Gasteiger partial charge in [0.25, 0.3) is 5.91 Å². The van der Waals surface area contributed by atoms with E-state index >= 15 is 0 Å². The lowest BCUT2D eigenvalue weighted by Crippen LogP contribution is -2.65. The molecule has 28 heavy (non-hydrogen) atoms. The average Bonchev–Trinajstić information content (AvgIpc) is 3.10. The molecular weight excluding hydrogens is 352 g/mol. The van der Waals surface area contributed by atoms with E-state index in [0.29, 0.717) is 13.0 Å². The van der Waals surface area contributed by atoms with Crippen LogP contribution in [0.1, 0.15) is 31.0 Å². The third-order valence-corrected chi connectivity index (χ3v) is 6.11. The minimum Gasteiger partial charge on any atom is -0.357 e. The second-order valence-corrected chi connectivity index (χ2v) is 8.43. The highest BCUT2D eigenvalue weighted by Crippen LogP contribution is 2.35. The molecule has 6 nitrogen and oxygen atoms in total. The number of carbonyl (C=O) groups is 1. The molecule has 2 aliphatic heterocycles. The Morgan fingerprint density at radius 2 is 1.93 bits per heavy atom. The molecule has 1 spiro atoms. The van der Waals surface area contributed by atoms with Crippen LogP contribution in [-0.2, 0) is 29.4 Å². The molecule has 1 unspecified atom stereocenters. The third kappa shape index (κ3) is 4.13. The van der Waals surface area contributed by atoms with Gasteiger partial charge in [-0.15, -0.1) is 0 Å². The van der Waals surface area contributed by atoms with E-state index in [2.05, 4.69) is 45.6 Å². The van der Waals surface area contributed by atoms with Crippen LogP contribution in [0.3, 0.4) is 0 Å². The zero-order valence-corrected chi connectivity index (χ0v) is 16.9. The number of ether oxygens (including phenoxy) is 1. The monoisotopic (exact) mass is 382 g/mol. The fraction of sp³-hybridized carbons (Fsp3) is 0.545. The predicted octanol–water partition coefficient (Wildman–Crippen LogP) is 1.94. The van der Waals surface area contributed by atoms with E-state index in [1.54, 1.807) is 4.68 Å². The van der Waals surface area contributed by atoms with Crippen molar-refractivity contribution < 1.29 is 9.53 Å². The van der Waals surface area contributed by atoms with Crippen LogP contribution in [0.25, 0.3) is 0 Å². The summed E-state index contributed by atoms with van der Waals surface area (Å²) in [6.07, 6.45) is 5.36. The second-order valence-electron chi connectivity index (χ2n) is 8.43. The first-order chi connectivity index (χ1) is 13.5. The lowest BCUT2D eigenvalue weighted by atomic mass is 9.85.